The monoisotopic (exact) mass is 443 g/mol. The molecule has 4 rings (SSSR count). The van der Waals surface area contributed by atoms with Crippen molar-refractivity contribution in [2.24, 2.45) is 0 Å². The number of piperidine rings is 1. The number of para-hydroxylation sites is 1. The zero-order valence-electron chi connectivity index (χ0n) is 19.5. The maximum absolute atomic E-state index is 12.6. The van der Waals surface area contributed by atoms with Gasteiger partial charge >= 0.3 is 0 Å². The molecule has 0 bridgehead atoms. The highest BCUT2D eigenvalue weighted by atomic mass is 16.1. The Morgan fingerprint density at radius 1 is 1.06 bits per heavy atom. The maximum Gasteiger partial charge on any atom is 0.253 e. The Labute approximate surface area is 196 Å². The fourth-order valence-corrected chi connectivity index (χ4v) is 4.51. The Kier molecular flexibility index (Phi) is 7.25. The van der Waals surface area contributed by atoms with Gasteiger partial charge in [-0.15, -0.1) is 0 Å². The van der Waals surface area contributed by atoms with Gasteiger partial charge in [-0.2, -0.15) is 0 Å². The molecular weight excluding hydrogens is 410 g/mol. The highest BCUT2D eigenvalue weighted by Crippen LogP contribution is 2.26. The summed E-state index contributed by atoms with van der Waals surface area (Å²) in [6, 6.07) is 20.1. The third kappa shape index (κ3) is 5.90. The molecule has 3 N–H and O–H groups in total. The van der Waals surface area contributed by atoms with Gasteiger partial charge < -0.3 is 20.9 Å². The number of aryl methyl sites for hydroxylation is 2. The molecule has 2 aromatic carbocycles. The van der Waals surface area contributed by atoms with Crippen molar-refractivity contribution in [1.29, 1.82) is 0 Å². The van der Waals surface area contributed by atoms with Gasteiger partial charge in [0, 0.05) is 49.8 Å². The number of benzene rings is 2. The van der Waals surface area contributed by atoms with Crippen LogP contribution >= 0.6 is 0 Å². The van der Waals surface area contributed by atoms with Crippen LogP contribution in [0, 0.1) is 13.8 Å². The van der Waals surface area contributed by atoms with E-state index in [1.165, 1.54) is 16.8 Å². The van der Waals surface area contributed by atoms with Crippen LogP contribution in [0.15, 0.2) is 66.9 Å². The molecule has 1 aromatic heterocycles. The lowest BCUT2D eigenvalue weighted by Crippen LogP contribution is -2.46. The molecule has 6 heteroatoms. The van der Waals surface area contributed by atoms with Crippen molar-refractivity contribution in [3.8, 4) is 0 Å². The number of nitrogen functional groups attached to an aromatic ring is 1. The van der Waals surface area contributed by atoms with Crippen LogP contribution in [0.5, 0.6) is 0 Å². The van der Waals surface area contributed by atoms with Crippen LogP contribution in [0.2, 0.25) is 0 Å². The van der Waals surface area contributed by atoms with Gasteiger partial charge in [0.15, 0.2) is 0 Å². The lowest BCUT2D eigenvalue weighted by molar-refractivity contribution is 0.0913. The minimum absolute atomic E-state index is 0.0808. The Hall–Kier alpha value is -3.38. The van der Waals surface area contributed by atoms with Crippen LogP contribution in [0.4, 0.5) is 17.2 Å². The van der Waals surface area contributed by atoms with E-state index in [0.29, 0.717) is 11.3 Å². The second-order valence-electron chi connectivity index (χ2n) is 8.86. The molecule has 1 fully saturated rings. The molecule has 0 saturated carbocycles. The number of carbonyl (C=O) groups is 1. The molecule has 1 saturated heterocycles. The number of hydrogen-bond donors (Lipinski definition) is 2. The first-order valence-corrected chi connectivity index (χ1v) is 11.6. The van der Waals surface area contributed by atoms with Crippen molar-refractivity contribution < 1.29 is 4.79 Å². The van der Waals surface area contributed by atoms with E-state index in [-0.39, 0.29) is 11.9 Å². The van der Waals surface area contributed by atoms with Crippen molar-refractivity contribution in [1.82, 2.24) is 15.2 Å². The van der Waals surface area contributed by atoms with E-state index >= 15 is 0 Å². The molecule has 0 unspecified atom stereocenters. The summed E-state index contributed by atoms with van der Waals surface area (Å²) in [4.78, 5) is 22.0. The van der Waals surface area contributed by atoms with E-state index < -0.39 is 0 Å². The van der Waals surface area contributed by atoms with Crippen LogP contribution in [0.25, 0.3) is 0 Å². The van der Waals surface area contributed by atoms with Gasteiger partial charge in [0.2, 0.25) is 0 Å². The van der Waals surface area contributed by atoms with Gasteiger partial charge in [-0.05, 0) is 74.2 Å². The van der Waals surface area contributed by atoms with Gasteiger partial charge in [-0.3, -0.25) is 4.79 Å². The number of carbonyl (C=O) groups excluding carboxylic acids is 1. The Balaban J connectivity index is 1.35. The molecule has 1 aliphatic rings. The van der Waals surface area contributed by atoms with Crippen LogP contribution < -0.4 is 16.0 Å². The highest BCUT2D eigenvalue weighted by molar-refractivity contribution is 5.99. The SMILES string of the molecule is Cc1cc(C)cc(N(CCN2CCC(NC(=O)c3ccccc3N)CC2)c2ccccn2)c1. The molecule has 0 spiro atoms. The summed E-state index contributed by atoms with van der Waals surface area (Å²) in [7, 11) is 0. The molecule has 1 amide bonds. The van der Waals surface area contributed by atoms with Crippen molar-refractivity contribution in [3.63, 3.8) is 0 Å². The first kappa shape index (κ1) is 22.8. The van der Waals surface area contributed by atoms with Crippen molar-refractivity contribution in [2.75, 3.05) is 36.8 Å². The zero-order chi connectivity index (χ0) is 23.2. The fourth-order valence-electron chi connectivity index (χ4n) is 4.51. The Morgan fingerprint density at radius 3 is 2.42 bits per heavy atom. The lowest BCUT2D eigenvalue weighted by Gasteiger charge is -2.34. The largest absolute Gasteiger partial charge is 0.398 e. The van der Waals surface area contributed by atoms with Crippen molar-refractivity contribution in [2.45, 2.75) is 32.7 Å². The van der Waals surface area contributed by atoms with Crippen LogP contribution in [-0.4, -0.2) is 48.0 Å². The fraction of sp³-hybridized carbons (Fsp3) is 0.333. The molecule has 33 heavy (non-hydrogen) atoms. The summed E-state index contributed by atoms with van der Waals surface area (Å²) in [6.45, 7) is 7.98. The lowest BCUT2D eigenvalue weighted by atomic mass is 10.0. The summed E-state index contributed by atoms with van der Waals surface area (Å²) in [5.74, 6) is 0.882. The number of rotatable bonds is 7. The van der Waals surface area contributed by atoms with Gasteiger partial charge in [-0.25, -0.2) is 4.98 Å². The Morgan fingerprint density at radius 2 is 1.76 bits per heavy atom. The highest BCUT2D eigenvalue weighted by Gasteiger charge is 2.22. The van der Waals surface area contributed by atoms with E-state index in [1.807, 2.05) is 30.5 Å². The molecule has 6 nitrogen and oxygen atoms in total. The third-order valence-corrected chi connectivity index (χ3v) is 6.21. The van der Waals surface area contributed by atoms with E-state index in [0.717, 1.165) is 44.8 Å². The van der Waals surface area contributed by atoms with Gasteiger partial charge in [0.1, 0.15) is 5.82 Å². The molecule has 1 aliphatic heterocycles. The number of aromatic nitrogens is 1. The number of nitrogens with one attached hydrogen (secondary N) is 1. The minimum Gasteiger partial charge on any atom is -0.398 e. The maximum atomic E-state index is 12.6. The van der Waals surface area contributed by atoms with E-state index in [2.05, 4.69) is 58.2 Å². The first-order chi connectivity index (χ1) is 16.0. The normalized spacial score (nSPS) is 14.7. The summed E-state index contributed by atoms with van der Waals surface area (Å²) in [5.41, 5.74) is 10.7. The summed E-state index contributed by atoms with van der Waals surface area (Å²) in [6.07, 6.45) is 3.72. The quantitative estimate of drug-likeness (QED) is 0.532. The van der Waals surface area contributed by atoms with Gasteiger partial charge in [-0.1, -0.05) is 24.3 Å². The topological polar surface area (TPSA) is 74.5 Å². The van der Waals surface area contributed by atoms with Crippen LogP contribution in [-0.2, 0) is 0 Å². The van der Waals surface area contributed by atoms with Crippen molar-refractivity contribution in [3.05, 3.63) is 83.6 Å². The third-order valence-electron chi connectivity index (χ3n) is 6.21. The second kappa shape index (κ2) is 10.5. The number of anilines is 3. The minimum atomic E-state index is -0.0808. The zero-order valence-corrected chi connectivity index (χ0v) is 19.5. The Bertz CT molecular complexity index is 1060. The first-order valence-electron chi connectivity index (χ1n) is 11.6. The number of hydrogen-bond acceptors (Lipinski definition) is 5. The smallest absolute Gasteiger partial charge is 0.253 e. The van der Waals surface area contributed by atoms with E-state index in [9.17, 15) is 4.79 Å². The predicted molar refractivity (Wildman–Crippen MR) is 135 cm³/mol. The summed E-state index contributed by atoms with van der Waals surface area (Å²) >= 11 is 0. The molecule has 0 aliphatic carbocycles. The van der Waals surface area contributed by atoms with Gasteiger partial charge in [0.25, 0.3) is 5.91 Å². The molecule has 2 heterocycles. The predicted octanol–water partition coefficient (Wildman–Crippen LogP) is 4.31. The summed E-state index contributed by atoms with van der Waals surface area (Å²) < 4.78 is 0. The molecule has 0 radical (unpaired) electrons. The standard InChI is InChI=1S/C27H33N5O/c1-20-17-21(2)19-23(18-20)32(26-9-5-6-12-29-26)16-15-31-13-10-22(11-14-31)30-27(33)24-7-3-4-8-25(24)28/h3-9,12,17-19,22H,10-11,13-16,28H2,1-2H3,(H,30,33). The molecule has 0 atom stereocenters. The number of nitrogens with two attached hydrogens (primary N) is 1. The average molecular weight is 444 g/mol. The number of amides is 1. The number of nitrogens with zero attached hydrogens (tertiary/aromatic N) is 3. The number of pyridine rings is 1. The second-order valence-corrected chi connectivity index (χ2v) is 8.86. The van der Waals surface area contributed by atoms with E-state index in [4.69, 9.17) is 5.73 Å². The van der Waals surface area contributed by atoms with E-state index in [1.54, 1.807) is 12.1 Å². The molecule has 3 aromatic rings. The summed E-state index contributed by atoms with van der Waals surface area (Å²) in [5, 5.41) is 3.16. The van der Waals surface area contributed by atoms with Crippen molar-refractivity contribution >= 4 is 23.1 Å². The van der Waals surface area contributed by atoms with Crippen LogP contribution in [0.1, 0.15) is 34.3 Å². The molecule has 172 valence electrons. The van der Waals surface area contributed by atoms with Gasteiger partial charge in [0.05, 0.1) is 5.56 Å². The van der Waals surface area contributed by atoms with Crippen LogP contribution in [0.3, 0.4) is 0 Å². The molecular formula is C27H33N5O. The average Bonchev–Trinajstić information content (AvgIpc) is 2.80. The number of likely N-dealkylation sites (tertiary alicyclic amines) is 1.